The number of hydrogen-bond donors (Lipinski definition) is 1. The van der Waals surface area contributed by atoms with Crippen molar-refractivity contribution in [3.63, 3.8) is 0 Å². The Kier molecular flexibility index (Phi) is 5.18. The Balaban J connectivity index is 2.15. The Hall–Kier alpha value is 0.0249. The van der Waals surface area contributed by atoms with Crippen molar-refractivity contribution in [1.29, 1.82) is 0 Å². The highest BCUT2D eigenvalue weighted by Crippen LogP contribution is 2.40. The first-order valence-electron chi connectivity index (χ1n) is 7.09. The summed E-state index contributed by atoms with van der Waals surface area (Å²) >= 11 is 8.43. The maximum atomic E-state index is 6.17. The van der Waals surface area contributed by atoms with Crippen molar-refractivity contribution in [2.45, 2.75) is 52.2 Å². The van der Waals surface area contributed by atoms with Gasteiger partial charge in [0.25, 0.3) is 0 Å². The van der Waals surface area contributed by atoms with Crippen LogP contribution >= 0.6 is 34.2 Å². The molecule has 0 aromatic heterocycles. The van der Waals surface area contributed by atoms with Crippen molar-refractivity contribution in [2.75, 3.05) is 4.43 Å². The molecule has 6 heteroatoms. The molecule has 1 fully saturated rings. The Labute approximate surface area is 146 Å². The number of hydrogen-bond acceptors (Lipinski definition) is 3. The molecule has 0 bridgehead atoms. The van der Waals surface area contributed by atoms with E-state index in [9.17, 15) is 0 Å². The van der Waals surface area contributed by atoms with Crippen molar-refractivity contribution in [1.82, 2.24) is 5.32 Å². The van der Waals surface area contributed by atoms with E-state index < -0.39 is 0 Å². The van der Waals surface area contributed by atoms with Gasteiger partial charge in [-0.2, -0.15) is 0 Å². The minimum absolute atomic E-state index is 0.308. The molecule has 0 unspecified atom stereocenters. The van der Waals surface area contributed by atoms with Crippen LogP contribution in [0.1, 0.15) is 41.0 Å². The zero-order valence-electron chi connectivity index (χ0n) is 13.2. The number of allylic oxidation sites excluding steroid dienone is 5. The summed E-state index contributed by atoms with van der Waals surface area (Å²) in [6.45, 7) is 10.3. The monoisotopic (exact) mass is 421 g/mol. The highest BCUT2D eigenvalue weighted by atomic mass is 127. The maximum Gasteiger partial charge on any atom is 0.492 e. The lowest BCUT2D eigenvalue weighted by Gasteiger charge is -2.32. The van der Waals surface area contributed by atoms with Crippen molar-refractivity contribution in [3.8, 4) is 0 Å². The van der Waals surface area contributed by atoms with Crippen molar-refractivity contribution in [2.24, 2.45) is 0 Å². The third-order valence-electron chi connectivity index (χ3n) is 4.36. The van der Waals surface area contributed by atoms with Gasteiger partial charge in [0.15, 0.2) is 0 Å². The van der Waals surface area contributed by atoms with Crippen LogP contribution in [0.5, 0.6) is 0 Å². The molecule has 2 rings (SSSR count). The molecule has 2 aliphatic rings. The fraction of sp³-hybridized carbons (Fsp3) is 0.600. The minimum atomic E-state index is -0.315. The van der Waals surface area contributed by atoms with Crippen LogP contribution < -0.4 is 5.32 Å². The standard InChI is InChI=1S/C15H22BClINO2/c1-10-11(7-13(17)8-18)6-12(9-19-10)16-20-14(2,3)15(4,5)21-16/h7,9,19H,6,8H2,1-5H3/b13-7+. The van der Waals surface area contributed by atoms with Gasteiger partial charge in [0.05, 0.1) is 11.2 Å². The van der Waals surface area contributed by atoms with E-state index in [0.29, 0.717) is 0 Å². The normalized spacial score (nSPS) is 25.0. The van der Waals surface area contributed by atoms with Gasteiger partial charge in [-0.3, -0.25) is 0 Å². The van der Waals surface area contributed by atoms with Crippen LogP contribution in [0.25, 0.3) is 0 Å². The molecule has 116 valence electrons. The highest BCUT2D eigenvalue weighted by Gasteiger charge is 2.52. The van der Waals surface area contributed by atoms with E-state index in [4.69, 9.17) is 20.9 Å². The van der Waals surface area contributed by atoms with Crippen LogP contribution in [-0.4, -0.2) is 22.7 Å². The Morgan fingerprint density at radius 3 is 2.48 bits per heavy atom. The second-order valence-corrected chi connectivity index (χ2v) is 7.75. The van der Waals surface area contributed by atoms with Gasteiger partial charge in [-0.1, -0.05) is 34.2 Å². The average Bonchev–Trinajstić information content (AvgIpc) is 2.61. The summed E-state index contributed by atoms with van der Waals surface area (Å²) in [4.78, 5) is 0. The van der Waals surface area contributed by atoms with Gasteiger partial charge >= 0.3 is 7.12 Å². The summed E-state index contributed by atoms with van der Waals surface area (Å²) in [5.74, 6) is 0. The maximum absolute atomic E-state index is 6.17. The van der Waals surface area contributed by atoms with Crippen LogP contribution in [-0.2, 0) is 9.31 Å². The van der Waals surface area contributed by atoms with Gasteiger partial charge < -0.3 is 14.6 Å². The molecule has 0 saturated carbocycles. The van der Waals surface area contributed by atoms with Gasteiger partial charge in [0.2, 0.25) is 0 Å². The molecule has 2 heterocycles. The van der Waals surface area contributed by atoms with Gasteiger partial charge in [-0.15, -0.1) is 0 Å². The van der Waals surface area contributed by atoms with Crippen LogP contribution in [0.15, 0.2) is 34.1 Å². The molecule has 0 amide bonds. The SMILES string of the molecule is CC1=C(/C=C(/Cl)CI)CC(B2OC(C)(C)C(C)(C)O2)=CN1. The zero-order valence-corrected chi connectivity index (χ0v) is 16.1. The Bertz CT molecular complexity index is 510. The summed E-state index contributed by atoms with van der Waals surface area (Å²) in [6.07, 6.45) is 4.82. The third-order valence-corrected chi connectivity index (χ3v) is 5.88. The number of dihydropyridines is 1. The van der Waals surface area contributed by atoms with Crippen LogP contribution in [0, 0.1) is 0 Å². The largest absolute Gasteiger partial charge is 0.492 e. The second kappa shape index (κ2) is 6.26. The lowest BCUT2D eigenvalue weighted by atomic mass is 9.74. The summed E-state index contributed by atoms with van der Waals surface area (Å²) in [7, 11) is -0.308. The molecular formula is C15H22BClINO2. The van der Waals surface area contributed by atoms with Crippen molar-refractivity contribution < 1.29 is 9.31 Å². The highest BCUT2D eigenvalue weighted by molar-refractivity contribution is 14.1. The summed E-state index contributed by atoms with van der Waals surface area (Å²) in [5, 5.41) is 4.14. The fourth-order valence-electron chi connectivity index (χ4n) is 2.23. The lowest BCUT2D eigenvalue weighted by Crippen LogP contribution is -2.41. The fourth-order valence-corrected chi connectivity index (χ4v) is 2.58. The van der Waals surface area contributed by atoms with Gasteiger partial charge in [-0.05, 0) is 64.4 Å². The third kappa shape index (κ3) is 3.68. The molecule has 0 spiro atoms. The van der Waals surface area contributed by atoms with Crippen LogP contribution in [0.3, 0.4) is 0 Å². The predicted octanol–water partition coefficient (Wildman–Crippen LogP) is 4.33. The molecule has 0 aromatic rings. The Morgan fingerprint density at radius 1 is 1.38 bits per heavy atom. The number of alkyl halides is 1. The topological polar surface area (TPSA) is 30.5 Å². The molecule has 21 heavy (non-hydrogen) atoms. The molecule has 0 aromatic carbocycles. The first-order chi connectivity index (χ1) is 9.66. The number of rotatable bonds is 3. The quantitative estimate of drug-likeness (QED) is 0.418. The molecule has 0 radical (unpaired) electrons. The van der Waals surface area contributed by atoms with E-state index in [1.807, 2.05) is 12.3 Å². The smallest absolute Gasteiger partial charge is 0.400 e. The first-order valence-corrected chi connectivity index (χ1v) is 8.99. The van der Waals surface area contributed by atoms with E-state index >= 15 is 0 Å². The van der Waals surface area contributed by atoms with E-state index in [2.05, 4.69) is 62.5 Å². The molecule has 2 aliphatic heterocycles. The lowest BCUT2D eigenvalue weighted by molar-refractivity contribution is 0.00578. The summed E-state index contributed by atoms with van der Waals surface area (Å²) in [5.41, 5.74) is 2.78. The first kappa shape index (κ1) is 17.4. The van der Waals surface area contributed by atoms with E-state index in [-0.39, 0.29) is 18.3 Å². The summed E-state index contributed by atoms with van der Waals surface area (Å²) in [6, 6.07) is 0. The van der Waals surface area contributed by atoms with Gasteiger partial charge in [0, 0.05) is 15.2 Å². The average molecular weight is 422 g/mol. The molecular weight excluding hydrogens is 399 g/mol. The minimum Gasteiger partial charge on any atom is -0.400 e. The molecule has 1 N–H and O–H groups in total. The van der Waals surface area contributed by atoms with Gasteiger partial charge in [0.1, 0.15) is 0 Å². The second-order valence-electron chi connectivity index (χ2n) is 6.50. The van der Waals surface area contributed by atoms with Crippen molar-refractivity contribution >= 4 is 41.3 Å². The molecule has 0 atom stereocenters. The van der Waals surface area contributed by atoms with Crippen molar-refractivity contribution in [3.05, 3.63) is 34.1 Å². The molecule has 3 nitrogen and oxygen atoms in total. The van der Waals surface area contributed by atoms with Gasteiger partial charge in [-0.25, -0.2) is 0 Å². The number of nitrogens with one attached hydrogen (secondary N) is 1. The zero-order chi connectivity index (χ0) is 15.8. The predicted molar refractivity (Wildman–Crippen MR) is 97.4 cm³/mol. The number of halogens is 2. The summed E-state index contributed by atoms with van der Waals surface area (Å²) < 4.78 is 13.0. The van der Waals surface area contributed by atoms with Crippen LogP contribution in [0.2, 0.25) is 0 Å². The van der Waals surface area contributed by atoms with E-state index in [0.717, 1.165) is 27.1 Å². The molecule has 1 saturated heterocycles. The van der Waals surface area contributed by atoms with E-state index in [1.165, 1.54) is 5.57 Å². The Morgan fingerprint density at radius 2 is 1.95 bits per heavy atom. The van der Waals surface area contributed by atoms with Crippen LogP contribution in [0.4, 0.5) is 0 Å². The molecule has 0 aliphatic carbocycles. The van der Waals surface area contributed by atoms with E-state index in [1.54, 1.807) is 0 Å².